The Labute approximate surface area is 168 Å². The number of anilines is 2. The number of aromatic nitrogens is 2. The molecule has 0 radical (unpaired) electrons. The van der Waals surface area contributed by atoms with Crippen molar-refractivity contribution in [3.05, 3.63) is 48.5 Å². The van der Waals surface area contributed by atoms with Crippen molar-refractivity contribution in [1.29, 1.82) is 0 Å². The molecule has 0 bridgehead atoms. The van der Waals surface area contributed by atoms with Gasteiger partial charge in [-0.1, -0.05) is 12.1 Å². The second kappa shape index (κ2) is 6.92. The average Bonchev–Trinajstić information content (AvgIpc) is 3.26. The average molecular weight is 390 g/mol. The Bertz CT molecular complexity index is 1090. The van der Waals surface area contributed by atoms with E-state index < -0.39 is 6.04 Å². The predicted molar refractivity (Wildman–Crippen MR) is 110 cm³/mol. The van der Waals surface area contributed by atoms with Gasteiger partial charge in [-0.15, -0.1) is 0 Å². The van der Waals surface area contributed by atoms with Crippen molar-refractivity contribution in [2.45, 2.75) is 32.4 Å². The Balaban J connectivity index is 1.46. The molecule has 3 heterocycles. The van der Waals surface area contributed by atoms with Crippen molar-refractivity contribution in [1.82, 2.24) is 9.55 Å². The van der Waals surface area contributed by atoms with Crippen LogP contribution in [0.2, 0.25) is 0 Å². The smallest absolute Gasteiger partial charge is 0.257 e. The molecule has 0 N–H and O–H groups in total. The van der Waals surface area contributed by atoms with Gasteiger partial charge in [0, 0.05) is 13.1 Å². The lowest BCUT2D eigenvalue weighted by molar-refractivity contribution is -0.121. The highest BCUT2D eigenvalue weighted by Gasteiger charge is 2.44. The number of rotatable bonds is 4. The number of benzene rings is 2. The summed E-state index contributed by atoms with van der Waals surface area (Å²) in [6, 6.07) is 14.5. The maximum atomic E-state index is 13.2. The van der Waals surface area contributed by atoms with E-state index in [0.29, 0.717) is 18.8 Å². The summed E-state index contributed by atoms with van der Waals surface area (Å²) in [6.07, 6.45) is 1.07. The zero-order chi connectivity index (χ0) is 20.0. The molecule has 1 aromatic heterocycles. The summed E-state index contributed by atoms with van der Waals surface area (Å²) in [4.78, 5) is 34.1. The third-order valence-electron chi connectivity index (χ3n) is 5.58. The van der Waals surface area contributed by atoms with Gasteiger partial charge in [-0.2, -0.15) is 0 Å². The van der Waals surface area contributed by atoms with Crippen LogP contribution < -0.4 is 14.5 Å². The van der Waals surface area contributed by atoms with Crippen LogP contribution in [0.5, 0.6) is 5.75 Å². The Morgan fingerprint density at radius 1 is 1.07 bits per heavy atom. The van der Waals surface area contributed by atoms with Crippen LogP contribution in [-0.4, -0.2) is 40.6 Å². The minimum absolute atomic E-state index is 0.162. The van der Waals surface area contributed by atoms with E-state index in [0.717, 1.165) is 35.7 Å². The molecule has 5 rings (SSSR count). The summed E-state index contributed by atoms with van der Waals surface area (Å²) in [6.45, 7) is 4.06. The molecule has 1 fully saturated rings. The van der Waals surface area contributed by atoms with Crippen molar-refractivity contribution < 1.29 is 14.3 Å². The van der Waals surface area contributed by atoms with E-state index in [1.54, 1.807) is 24.3 Å². The predicted octanol–water partition coefficient (Wildman–Crippen LogP) is 2.98. The molecular formula is C22H22N4O3. The van der Waals surface area contributed by atoms with Crippen LogP contribution in [0.4, 0.5) is 11.6 Å². The highest BCUT2D eigenvalue weighted by molar-refractivity contribution is 6.23. The monoisotopic (exact) mass is 390 g/mol. The highest BCUT2D eigenvalue weighted by Crippen LogP contribution is 2.33. The number of nitrogens with zero attached hydrogens (tertiary/aromatic N) is 4. The number of amides is 2. The molecule has 2 aromatic carbocycles. The fourth-order valence-corrected chi connectivity index (χ4v) is 4.29. The molecule has 2 aliphatic heterocycles. The van der Waals surface area contributed by atoms with Gasteiger partial charge in [-0.25, -0.2) is 9.88 Å². The van der Waals surface area contributed by atoms with Gasteiger partial charge < -0.3 is 14.2 Å². The van der Waals surface area contributed by atoms with Crippen molar-refractivity contribution in [2.75, 3.05) is 23.0 Å². The number of carbonyl (C=O) groups excluding carboxylic acids is 2. The SMILES string of the molecule is CCOc1ccc(N2C(=O)CC(N3CCCn4c3nc3ccccc34)C2=O)cc1. The zero-order valence-corrected chi connectivity index (χ0v) is 16.2. The molecule has 2 amide bonds. The number of fused-ring (bicyclic) bond motifs is 3. The van der Waals surface area contributed by atoms with Crippen LogP contribution in [0.1, 0.15) is 19.8 Å². The van der Waals surface area contributed by atoms with Gasteiger partial charge >= 0.3 is 0 Å². The second-order valence-electron chi connectivity index (χ2n) is 7.31. The second-order valence-corrected chi connectivity index (χ2v) is 7.31. The molecule has 7 heteroatoms. The Kier molecular flexibility index (Phi) is 4.23. The molecular weight excluding hydrogens is 368 g/mol. The lowest BCUT2D eigenvalue weighted by Gasteiger charge is -2.32. The molecule has 2 aliphatic rings. The first-order chi connectivity index (χ1) is 14.2. The Morgan fingerprint density at radius 3 is 2.66 bits per heavy atom. The number of imidazole rings is 1. The largest absolute Gasteiger partial charge is 0.494 e. The normalized spacial score (nSPS) is 19.1. The van der Waals surface area contributed by atoms with E-state index in [9.17, 15) is 9.59 Å². The fourth-order valence-electron chi connectivity index (χ4n) is 4.29. The number of imide groups is 1. The molecule has 29 heavy (non-hydrogen) atoms. The summed E-state index contributed by atoms with van der Waals surface area (Å²) >= 11 is 0. The highest BCUT2D eigenvalue weighted by atomic mass is 16.5. The quantitative estimate of drug-likeness (QED) is 0.641. The van der Waals surface area contributed by atoms with Crippen LogP contribution in [0, 0.1) is 0 Å². The van der Waals surface area contributed by atoms with E-state index in [1.807, 2.05) is 36.1 Å². The van der Waals surface area contributed by atoms with Gasteiger partial charge in [-0.3, -0.25) is 9.59 Å². The van der Waals surface area contributed by atoms with Crippen LogP contribution in [0.3, 0.4) is 0 Å². The maximum Gasteiger partial charge on any atom is 0.257 e. The van der Waals surface area contributed by atoms with E-state index in [-0.39, 0.29) is 18.2 Å². The minimum Gasteiger partial charge on any atom is -0.494 e. The van der Waals surface area contributed by atoms with E-state index in [4.69, 9.17) is 9.72 Å². The first kappa shape index (κ1) is 17.7. The summed E-state index contributed by atoms with van der Waals surface area (Å²) in [5.74, 6) is 1.12. The Hall–Kier alpha value is -3.35. The topological polar surface area (TPSA) is 67.7 Å². The van der Waals surface area contributed by atoms with Gasteiger partial charge in [0.05, 0.1) is 29.7 Å². The standard InChI is InChI=1S/C22H22N4O3/c1-2-29-16-10-8-15(9-11-16)26-20(27)14-19(21(26)28)25-13-5-12-24-18-7-4-3-6-17(18)23-22(24)25/h3-4,6-11,19H,2,5,12-14H2,1H3. The summed E-state index contributed by atoms with van der Waals surface area (Å²) in [5.41, 5.74) is 2.55. The molecule has 0 spiro atoms. The summed E-state index contributed by atoms with van der Waals surface area (Å²) in [5, 5.41) is 0. The van der Waals surface area contributed by atoms with Crippen LogP contribution >= 0.6 is 0 Å². The first-order valence-corrected chi connectivity index (χ1v) is 9.99. The fraction of sp³-hybridized carbons (Fsp3) is 0.318. The third kappa shape index (κ3) is 2.85. The van der Waals surface area contributed by atoms with Crippen molar-refractivity contribution in [3.8, 4) is 5.75 Å². The van der Waals surface area contributed by atoms with Crippen LogP contribution in [0.15, 0.2) is 48.5 Å². The molecule has 1 saturated heterocycles. The lowest BCUT2D eigenvalue weighted by Crippen LogP contribution is -2.46. The molecule has 148 valence electrons. The molecule has 0 saturated carbocycles. The number of carbonyl (C=O) groups is 2. The van der Waals surface area contributed by atoms with Gasteiger partial charge in [-0.05, 0) is 49.7 Å². The first-order valence-electron chi connectivity index (χ1n) is 9.99. The van der Waals surface area contributed by atoms with Crippen molar-refractivity contribution in [2.24, 2.45) is 0 Å². The van der Waals surface area contributed by atoms with Crippen LogP contribution in [-0.2, 0) is 16.1 Å². The number of aryl methyl sites for hydroxylation is 1. The lowest BCUT2D eigenvalue weighted by atomic mass is 10.2. The van der Waals surface area contributed by atoms with Gasteiger partial charge in [0.2, 0.25) is 11.9 Å². The number of ether oxygens (including phenoxy) is 1. The maximum absolute atomic E-state index is 13.2. The molecule has 1 atom stereocenters. The zero-order valence-electron chi connectivity index (χ0n) is 16.2. The number of hydrogen-bond donors (Lipinski definition) is 0. The van der Waals surface area contributed by atoms with Crippen molar-refractivity contribution >= 4 is 34.5 Å². The van der Waals surface area contributed by atoms with E-state index >= 15 is 0 Å². The van der Waals surface area contributed by atoms with E-state index in [2.05, 4.69) is 4.57 Å². The molecule has 3 aromatic rings. The summed E-state index contributed by atoms with van der Waals surface area (Å²) in [7, 11) is 0. The minimum atomic E-state index is -0.523. The van der Waals surface area contributed by atoms with Gasteiger partial charge in [0.15, 0.2) is 0 Å². The van der Waals surface area contributed by atoms with Crippen molar-refractivity contribution in [3.63, 3.8) is 0 Å². The number of hydrogen-bond acceptors (Lipinski definition) is 5. The van der Waals surface area contributed by atoms with Crippen LogP contribution in [0.25, 0.3) is 11.0 Å². The van der Waals surface area contributed by atoms with Gasteiger partial charge in [0.1, 0.15) is 11.8 Å². The number of para-hydroxylation sites is 2. The molecule has 7 nitrogen and oxygen atoms in total. The molecule has 1 unspecified atom stereocenters. The van der Waals surface area contributed by atoms with E-state index in [1.165, 1.54) is 4.90 Å². The summed E-state index contributed by atoms with van der Waals surface area (Å²) < 4.78 is 7.60. The Morgan fingerprint density at radius 2 is 1.86 bits per heavy atom. The third-order valence-corrected chi connectivity index (χ3v) is 5.58. The van der Waals surface area contributed by atoms with Gasteiger partial charge in [0.25, 0.3) is 5.91 Å². The molecule has 0 aliphatic carbocycles.